The second-order valence-electron chi connectivity index (χ2n) is 4.39. The lowest BCUT2D eigenvalue weighted by atomic mass is 10.1. The van der Waals surface area contributed by atoms with E-state index in [2.05, 4.69) is 18.7 Å². The summed E-state index contributed by atoms with van der Waals surface area (Å²) in [6, 6.07) is 10.1. The zero-order valence-corrected chi connectivity index (χ0v) is 12.4. The first-order valence-corrected chi connectivity index (χ1v) is 7.35. The van der Waals surface area contributed by atoms with Crippen LogP contribution in [0.15, 0.2) is 43.0 Å². The average Bonchev–Trinajstić information content (AvgIpc) is 2.43. The molecule has 1 atom stereocenters. The van der Waals surface area contributed by atoms with Gasteiger partial charge in [-0.3, -0.25) is 0 Å². The Bertz CT molecular complexity index is 391. The smallest absolute Gasteiger partial charge is 0.330 e. The molecular formula is C14H20O3Si. The molecule has 1 aromatic carbocycles. The fourth-order valence-electron chi connectivity index (χ4n) is 1.36. The van der Waals surface area contributed by atoms with Gasteiger partial charge in [0.2, 0.25) is 0 Å². The van der Waals surface area contributed by atoms with Crippen LogP contribution in [0.5, 0.6) is 0 Å². The molecule has 3 nitrogen and oxygen atoms in total. The van der Waals surface area contributed by atoms with Crippen LogP contribution in [0.4, 0.5) is 0 Å². The van der Waals surface area contributed by atoms with Crippen molar-refractivity contribution in [3.05, 3.63) is 43.0 Å². The molecule has 0 aliphatic heterocycles. The quantitative estimate of drug-likeness (QED) is 0.423. The first-order chi connectivity index (χ1) is 8.59. The van der Waals surface area contributed by atoms with Crippen LogP contribution in [-0.4, -0.2) is 27.9 Å². The summed E-state index contributed by atoms with van der Waals surface area (Å²) < 4.78 is 11.1. The fraction of sp³-hybridized carbons (Fsp3) is 0.357. The maximum Gasteiger partial charge on any atom is 0.330 e. The fourth-order valence-corrected chi connectivity index (χ4v) is 2.63. The molecule has 1 aromatic rings. The first-order valence-electron chi connectivity index (χ1n) is 6.07. The minimum Gasteiger partial charge on any atom is -0.460 e. The first kappa shape index (κ1) is 14.7. The summed E-state index contributed by atoms with van der Waals surface area (Å²) in [6.07, 6.45) is 1.97. The van der Waals surface area contributed by atoms with E-state index in [1.54, 1.807) is 0 Å². The van der Waals surface area contributed by atoms with Crippen molar-refractivity contribution in [2.75, 3.05) is 6.61 Å². The highest BCUT2D eigenvalue weighted by Crippen LogP contribution is 2.15. The SMILES string of the molecule is C=CC(=O)OCC(C)(CC)O[SiH2]c1ccccc1. The van der Waals surface area contributed by atoms with Crippen LogP contribution in [0.25, 0.3) is 0 Å². The number of benzene rings is 1. The van der Waals surface area contributed by atoms with Crippen molar-refractivity contribution in [2.24, 2.45) is 0 Å². The molecule has 0 aromatic heterocycles. The van der Waals surface area contributed by atoms with Gasteiger partial charge in [-0.05, 0) is 18.5 Å². The zero-order valence-electron chi connectivity index (χ0n) is 11.0. The molecule has 0 saturated carbocycles. The molecule has 0 spiro atoms. The third-order valence-corrected chi connectivity index (χ3v) is 4.51. The van der Waals surface area contributed by atoms with Crippen molar-refractivity contribution in [1.82, 2.24) is 0 Å². The van der Waals surface area contributed by atoms with Gasteiger partial charge in [0, 0.05) is 6.08 Å². The number of carbonyl (C=O) groups excluding carboxylic acids is 1. The van der Waals surface area contributed by atoms with Crippen LogP contribution in [0, 0.1) is 0 Å². The average molecular weight is 264 g/mol. The van der Waals surface area contributed by atoms with Crippen molar-refractivity contribution in [2.45, 2.75) is 25.9 Å². The number of esters is 1. The zero-order chi connectivity index (χ0) is 13.4. The minimum atomic E-state index is -0.795. The summed E-state index contributed by atoms with van der Waals surface area (Å²) in [5.41, 5.74) is -0.402. The van der Waals surface area contributed by atoms with Gasteiger partial charge in [-0.2, -0.15) is 0 Å². The van der Waals surface area contributed by atoms with Gasteiger partial charge in [0.05, 0.1) is 5.60 Å². The van der Waals surface area contributed by atoms with Gasteiger partial charge < -0.3 is 9.16 Å². The molecule has 0 bridgehead atoms. The Morgan fingerprint density at radius 1 is 1.44 bits per heavy atom. The lowest BCUT2D eigenvalue weighted by Crippen LogP contribution is -2.38. The molecule has 0 N–H and O–H groups in total. The second-order valence-corrected chi connectivity index (χ2v) is 5.78. The number of ether oxygens (including phenoxy) is 1. The Morgan fingerprint density at radius 3 is 2.67 bits per heavy atom. The predicted octanol–water partition coefficient (Wildman–Crippen LogP) is 1.31. The normalized spacial score (nSPS) is 14.3. The highest BCUT2D eigenvalue weighted by Gasteiger charge is 2.24. The molecule has 0 heterocycles. The number of rotatable bonds is 7. The van der Waals surface area contributed by atoms with E-state index in [1.165, 1.54) is 11.3 Å². The number of hydrogen-bond donors (Lipinski definition) is 0. The molecule has 0 fully saturated rings. The summed E-state index contributed by atoms with van der Waals surface area (Å²) in [6.45, 7) is 7.65. The highest BCUT2D eigenvalue weighted by atomic mass is 28.2. The third kappa shape index (κ3) is 4.85. The lowest BCUT2D eigenvalue weighted by Gasteiger charge is -2.28. The van der Waals surface area contributed by atoms with Crippen molar-refractivity contribution >= 4 is 20.9 Å². The maximum atomic E-state index is 11.1. The molecule has 1 rings (SSSR count). The minimum absolute atomic E-state index is 0.272. The van der Waals surface area contributed by atoms with Gasteiger partial charge in [0.15, 0.2) is 9.76 Å². The Balaban J connectivity index is 2.49. The van der Waals surface area contributed by atoms with Crippen molar-refractivity contribution in [3.63, 3.8) is 0 Å². The summed E-state index contributed by atoms with van der Waals surface area (Å²) in [7, 11) is -0.795. The van der Waals surface area contributed by atoms with E-state index in [-0.39, 0.29) is 6.61 Å². The molecule has 18 heavy (non-hydrogen) atoms. The van der Waals surface area contributed by atoms with E-state index in [0.717, 1.165) is 6.42 Å². The van der Waals surface area contributed by atoms with Crippen LogP contribution in [0.3, 0.4) is 0 Å². The van der Waals surface area contributed by atoms with Crippen molar-refractivity contribution in [1.29, 1.82) is 0 Å². The molecule has 0 aliphatic carbocycles. The summed E-state index contributed by atoms with van der Waals surface area (Å²) in [5, 5.41) is 1.24. The molecule has 0 amide bonds. The van der Waals surface area contributed by atoms with Gasteiger partial charge in [0.25, 0.3) is 0 Å². The Labute approximate surface area is 111 Å². The summed E-state index contributed by atoms with van der Waals surface area (Å²) in [4.78, 5) is 11.1. The Hall–Kier alpha value is -1.39. The lowest BCUT2D eigenvalue weighted by molar-refractivity contribution is -0.143. The van der Waals surface area contributed by atoms with E-state index in [1.807, 2.05) is 32.0 Å². The largest absolute Gasteiger partial charge is 0.460 e. The standard InChI is InChI=1S/C14H20O3Si/c1-4-13(15)16-11-14(3,5-2)17-18-12-9-7-6-8-10-12/h4,6-10H,1,5,11,18H2,2-3H3. The number of carbonyl (C=O) groups is 1. The van der Waals surface area contributed by atoms with Gasteiger partial charge in [-0.1, -0.05) is 43.8 Å². The van der Waals surface area contributed by atoms with Crippen LogP contribution in [0.1, 0.15) is 20.3 Å². The van der Waals surface area contributed by atoms with Crippen LogP contribution in [0.2, 0.25) is 0 Å². The number of hydrogen-bond acceptors (Lipinski definition) is 3. The van der Waals surface area contributed by atoms with Crippen molar-refractivity contribution in [3.8, 4) is 0 Å². The van der Waals surface area contributed by atoms with Gasteiger partial charge in [-0.25, -0.2) is 4.79 Å². The molecule has 0 saturated heterocycles. The van der Waals surface area contributed by atoms with Crippen LogP contribution < -0.4 is 5.19 Å². The Kier molecular flexibility index (Phi) is 5.81. The van der Waals surface area contributed by atoms with Gasteiger partial charge in [0.1, 0.15) is 6.61 Å². The molecule has 1 unspecified atom stereocenters. The topological polar surface area (TPSA) is 35.5 Å². The second kappa shape index (κ2) is 7.13. The molecule has 0 aliphatic rings. The Morgan fingerprint density at radius 2 is 2.11 bits per heavy atom. The molecule has 0 radical (unpaired) electrons. The van der Waals surface area contributed by atoms with E-state index in [9.17, 15) is 4.79 Å². The van der Waals surface area contributed by atoms with Crippen molar-refractivity contribution < 1.29 is 14.0 Å². The predicted molar refractivity (Wildman–Crippen MR) is 75.6 cm³/mol. The van der Waals surface area contributed by atoms with Crippen LogP contribution >= 0.6 is 0 Å². The van der Waals surface area contributed by atoms with E-state index >= 15 is 0 Å². The van der Waals surface area contributed by atoms with Gasteiger partial charge >= 0.3 is 5.97 Å². The van der Waals surface area contributed by atoms with Gasteiger partial charge in [-0.15, -0.1) is 0 Å². The van der Waals surface area contributed by atoms with E-state index in [0.29, 0.717) is 0 Å². The summed E-state index contributed by atoms with van der Waals surface area (Å²) >= 11 is 0. The maximum absolute atomic E-state index is 11.1. The molecular weight excluding hydrogens is 244 g/mol. The van der Waals surface area contributed by atoms with Crippen LogP contribution in [-0.2, 0) is 14.0 Å². The molecule has 4 heteroatoms. The van der Waals surface area contributed by atoms with E-state index in [4.69, 9.17) is 9.16 Å². The summed E-state index contributed by atoms with van der Waals surface area (Å²) in [5.74, 6) is -0.403. The third-order valence-electron chi connectivity index (χ3n) is 2.86. The highest BCUT2D eigenvalue weighted by molar-refractivity contribution is 6.46. The van der Waals surface area contributed by atoms with E-state index < -0.39 is 21.3 Å². The monoisotopic (exact) mass is 264 g/mol. The molecule has 98 valence electrons.